The molecule has 7 nitrogen and oxygen atoms in total. The lowest BCUT2D eigenvalue weighted by atomic mass is 9.90. The third kappa shape index (κ3) is 4.66. The molecular weight excluding hydrogens is 402 g/mol. The number of hydrogen-bond donors (Lipinski definition) is 3. The average molecular weight is 422 g/mol. The molecule has 0 aliphatic heterocycles. The Morgan fingerprint density at radius 3 is 2.58 bits per heavy atom. The summed E-state index contributed by atoms with van der Waals surface area (Å²) in [4.78, 5) is 28.9. The van der Waals surface area contributed by atoms with Crippen LogP contribution in [0.25, 0.3) is 0 Å². The Bertz CT molecular complexity index is 768. The third-order valence-electron chi connectivity index (χ3n) is 3.98. The van der Waals surface area contributed by atoms with Crippen molar-refractivity contribution in [3.8, 4) is 0 Å². The Morgan fingerprint density at radius 2 is 2.00 bits per heavy atom. The molecule has 0 fully saturated rings. The molecule has 2 rings (SSSR count). The number of nitrogens with zero attached hydrogens (tertiary/aromatic N) is 1. The van der Waals surface area contributed by atoms with Crippen molar-refractivity contribution >= 4 is 27.9 Å². The Hall–Kier alpha value is -2.29. The first-order valence-corrected chi connectivity index (χ1v) is 8.64. The van der Waals surface area contributed by atoms with Crippen molar-refractivity contribution in [3.05, 3.63) is 64.4 Å². The minimum absolute atomic E-state index is 0.353. The third-order valence-corrected chi connectivity index (χ3v) is 4.48. The number of ether oxygens (including phenoxy) is 1. The van der Waals surface area contributed by atoms with Gasteiger partial charge in [0, 0.05) is 23.3 Å². The maximum atomic E-state index is 12.4. The molecular formula is C18H20BrN3O4. The number of pyridine rings is 1. The molecule has 1 unspecified atom stereocenters. The van der Waals surface area contributed by atoms with E-state index in [-0.39, 0.29) is 6.61 Å². The molecule has 2 aromatic rings. The standard InChI is InChI=1S/C18H20BrN3O4/c1-18(15(11-23)26-2,14-10-13(19)8-9-20-14)22-17(25)21-16(24)12-6-4-3-5-7-12/h3-10,15,23H,11H2,1-2H3,(H2,21,22,24,25)/t15?,18-/m1/s1. The number of halogens is 1. The summed E-state index contributed by atoms with van der Waals surface area (Å²) in [5.41, 5.74) is -0.348. The van der Waals surface area contributed by atoms with Gasteiger partial charge in [0.05, 0.1) is 12.3 Å². The normalized spacial score (nSPS) is 14.2. The van der Waals surface area contributed by atoms with E-state index in [2.05, 4.69) is 31.5 Å². The number of carbonyl (C=O) groups is 2. The van der Waals surface area contributed by atoms with Crippen molar-refractivity contribution in [2.45, 2.75) is 18.6 Å². The minimum Gasteiger partial charge on any atom is -0.394 e. The summed E-state index contributed by atoms with van der Waals surface area (Å²) in [6.45, 7) is 1.31. The van der Waals surface area contributed by atoms with Gasteiger partial charge in [0.15, 0.2) is 0 Å². The van der Waals surface area contributed by atoms with Gasteiger partial charge in [-0.2, -0.15) is 0 Å². The van der Waals surface area contributed by atoms with Crippen molar-refractivity contribution in [2.24, 2.45) is 0 Å². The van der Waals surface area contributed by atoms with E-state index in [4.69, 9.17) is 4.74 Å². The van der Waals surface area contributed by atoms with Crippen molar-refractivity contribution < 1.29 is 19.4 Å². The summed E-state index contributed by atoms with van der Waals surface area (Å²) in [5.74, 6) is -0.536. The van der Waals surface area contributed by atoms with E-state index in [1.165, 1.54) is 7.11 Å². The smallest absolute Gasteiger partial charge is 0.322 e. The highest BCUT2D eigenvalue weighted by molar-refractivity contribution is 9.10. The van der Waals surface area contributed by atoms with Gasteiger partial charge in [-0.15, -0.1) is 0 Å². The van der Waals surface area contributed by atoms with Crippen LogP contribution < -0.4 is 10.6 Å². The Morgan fingerprint density at radius 1 is 1.31 bits per heavy atom. The van der Waals surface area contributed by atoms with Crippen molar-refractivity contribution in [2.75, 3.05) is 13.7 Å². The summed E-state index contributed by atoms with van der Waals surface area (Å²) in [7, 11) is 1.42. The molecule has 1 aromatic heterocycles. The molecule has 1 heterocycles. The zero-order chi connectivity index (χ0) is 19.2. The fraction of sp³-hybridized carbons (Fsp3) is 0.278. The van der Waals surface area contributed by atoms with E-state index in [9.17, 15) is 14.7 Å². The highest BCUT2D eigenvalue weighted by Crippen LogP contribution is 2.27. The molecule has 0 saturated heterocycles. The zero-order valence-electron chi connectivity index (χ0n) is 14.4. The van der Waals surface area contributed by atoms with Crippen LogP contribution in [-0.2, 0) is 10.3 Å². The van der Waals surface area contributed by atoms with Gasteiger partial charge < -0.3 is 15.2 Å². The maximum Gasteiger partial charge on any atom is 0.322 e. The molecule has 2 atom stereocenters. The molecule has 0 radical (unpaired) electrons. The number of hydrogen-bond acceptors (Lipinski definition) is 5. The van der Waals surface area contributed by atoms with Gasteiger partial charge in [0.25, 0.3) is 5.91 Å². The zero-order valence-corrected chi connectivity index (χ0v) is 16.0. The average Bonchev–Trinajstić information content (AvgIpc) is 2.63. The molecule has 0 bridgehead atoms. The lowest BCUT2D eigenvalue weighted by Gasteiger charge is -2.36. The first-order valence-electron chi connectivity index (χ1n) is 7.85. The first kappa shape index (κ1) is 20.0. The fourth-order valence-corrected chi connectivity index (χ4v) is 2.86. The number of urea groups is 1. The molecule has 3 amide bonds. The molecule has 0 saturated carbocycles. The van der Waals surface area contributed by atoms with Crippen LogP contribution in [0.1, 0.15) is 23.0 Å². The Balaban J connectivity index is 2.24. The van der Waals surface area contributed by atoms with Crippen LogP contribution in [0.5, 0.6) is 0 Å². The van der Waals surface area contributed by atoms with Crippen LogP contribution in [0.2, 0.25) is 0 Å². The van der Waals surface area contributed by atoms with Gasteiger partial charge in [0.2, 0.25) is 0 Å². The quantitative estimate of drug-likeness (QED) is 0.663. The Labute approximate surface area is 159 Å². The van der Waals surface area contributed by atoms with Gasteiger partial charge >= 0.3 is 6.03 Å². The number of amides is 3. The second-order valence-electron chi connectivity index (χ2n) is 5.74. The molecule has 0 aliphatic rings. The maximum absolute atomic E-state index is 12.4. The SMILES string of the molecule is COC(CO)[C@](C)(NC(=O)NC(=O)c1ccccc1)c1cc(Br)ccn1. The fourth-order valence-electron chi connectivity index (χ4n) is 2.52. The summed E-state index contributed by atoms with van der Waals surface area (Å²) in [5, 5.41) is 14.6. The lowest BCUT2D eigenvalue weighted by molar-refractivity contribution is -0.0134. The van der Waals surface area contributed by atoms with Crippen LogP contribution in [0.15, 0.2) is 53.1 Å². The molecule has 26 heavy (non-hydrogen) atoms. The molecule has 1 aromatic carbocycles. The van der Waals surface area contributed by atoms with Gasteiger partial charge in [-0.25, -0.2) is 4.79 Å². The van der Waals surface area contributed by atoms with E-state index in [0.717, 1.165) is 4.47 Å². The van der Waals surface area contributed by atoms with E-state index in [1.54, 1.807) is 55.6 Å². The highest BCUT2D eigenvalue weighted by Gasteiger charge is 2.39. The summed E-state index contributed by atoms with van der Waals surface area (Å²) < 4.78 is 6.07. The van der Waals surface area contributed by atoms with Gasteiger partial charge in [0.1, 0.15) is 11.6 Å². The summed E-state index contributed by atoms with van der Waals surface area (Å²) >= 11 is 3.36. The van der Waals surface area contributed by atoms with Crippen LogP contribution in [0.3, 0.4) is 0 Å². The predicted octanol–water partition coefficient (Wildman–Crippen LogP) is 2.21. The number of carbonyl (C=O) groups excluding carboxylic acids is 2. The van der Waals surface area contributed by atoms with Crippen molar-refractivity contribution in [1.29, 1.82) is 0 Å². The van der Waals surface area contributed by atoms with Crippen molar-refractivity contribution in [1.82, 2.24) is 15.6 Å². The number of imide groups is 1. The predicted molar refractivity (Wildman–Crippen MR) is 99.6 cm³/mol. The molecule has 8 heteroatoms. The summed E-state index contributed by atoms with van der Waals surface area (Å²) in [6, 6.07) is 11.1. The second kappa shape index (κ2) is 8.88. The monoisotopic (exact) mass is 421 g/mol. The first-order chi connectivity index (χ1) is 12.4. The van der Waals surface area contributed by atoms with Crippen molar-refractivity contribution in [3.63, 3.8) is 0 Å². The molecule has 3 N–H and O–H groups in total. The molecule has 0 aliphatic carbocycles. The van der Waals surface area contributed by atoms with Crippen LogP contribution >= 0.6 is 15.9 Å². The number of aliphatic hydroxyl groups is 1. The topological polar surface area (TPSA) is 101 Å². The van der Waals surface area contributed by atoms with Gasteiger partial charge in [-0.3, -0.25) is 15.1 Å². The number of benzene rings is 1. The second-order valence-corrected chi connectivity index (χ2v) is 6.66. The highest BCUT2D eigenvalue weighted by atomic mass is 79.9. The van der Waals surface area contributed by atoms with E-state index in [1.807, 2.05) is 0 Å². The number of methoxy groups -OCH3 is 1. The van der Waals surface area contributed by atoms with Gasteiger partial charge in [-0.1, -0.05) is 34.1 Å². The Kier molecular flexibility index (Phi) is 6.84. The van der Waals surface area contributed by atoms with E-state index >= 15 is 0 Å². The molecule has 138 valence electrons. The van der Waals surface area contributed by atoms with Crippen LogP contribution in [0, 0.1) is 0 Å². The number of nitrogens with one attached hydrogen (secondary N) is 2. The van der Waals surface area contributed by atoms with Gasteiger partial charge in [-0.05, 0) is 31.2 Å². The van der Waals surface area contributed by atoms with Crippen LogP contribution in [-0.4, -0.2) is 41.8 Å². The summed E-state index contributed by atoms with van der Waals surface area (Å²) in [6.07, 6.45) is 0.790. The number of aromatic nitrogens is 1. The largest absolute Gasteiger partial charge is 0.394 e. The number of aliphatic hydroxyl groups excluding tert-OH is 1. The lowest BCUT2D eigenvalue weighted by Crippen LogP contribution is -2.57. The van der Waals surface area contributed by atoms with E-state index < -0.39 is 23.6 Å². The van der Waals surface area contributed by atoms with Crippen LogP contribution in [0.4, 0.5) is 4.79 Å². The molecule has 0 spiro atoms. The minimum atomic E-state index is -1.17. The van der Waals surface area contributed by atoms with E-state index in [0.29, 0.717) is 11.3 Å². The number of rotatable bonds is 6.